The molecule has 0 fully saturated rings. The van der Waals surface area contributed by atoms with Crippen LogP contribution in [0.2, 0.25) is 0 Å². The van der Waals surface area contributed by atoms with Crippen LogP contribution in [0.4, 0.5) is 10.5 Å². The molecule has 3 rings (SSSR count). The molecular weight excluding hydrogens is 292 g/mol. The number of carbonyl (C=O) groups excluding carboxylic acids is 1. The first-order chi connectivity index (χ1) is 10.8. The summed E-state index contributed by atoms with van der Waals surface area (Å²) in [6.45, 7) is 6.78. The van der Waals surface area contributed by atoms with Crippen LogP contribution in [0.15, 0.2) is 30.5 Å². The smallest absolute Gasteiger partial charge is 0.410 e. The number of nitrogens with two attached hydrogens (primary N) is 1. The molecule has 0 saturated carbocycles. The van der Waals surface area contributed by atoms with Crippen LogP contribution in [0.25, 0.3) is 5.69 Å². The summed E-state index contributed by atoms with van der Waals surface area (Å²) in [6.07, 6.45) is 2.30. The Balaban J connectivity index is 1.79. The van der Waals surface area contributed by atoms with Gasteiger partial charge in [-0.25, -0.2) is 9.48 Å². The van der Waals surface area contributed by atoms with Gasteiger partial charge in [0.25, 0.3) is 0 Å². The van der Waals surface area contributed by atoms with Gasteiger partial charge in [-0.3, -0.25) is 0 Å². The average molecular weight is 314 g/mol. The molecule has 2 N–H and O–H groups in total. The Morgan fingerprint density at radius 3 is 2.61 bits per heavy atom. The van der Waals surface area contributed by atoms with E-state index in [4.69, 9.17) is 10.5 Å². The Bertz CT molecular complexity index is 713. The van der Waals surface area contributed by atoms with E-state index in [9.17, 15) is 4.79 Å². The van der Waals surface area contributed by atoms with Gasteiger partial charge in [0, 0.05) is 24.2 Å². The quantitative estimate of drug-likeness (QED) is 0.821. The van der Waals surface area contributed by atoms with Gasteiger partial charge in [0.2, 0.25) is 0 Å². The summed E-state index contributed by atoms with van der Waals surface area (Å²) in [5.74, 6) is 0. The summed E-state index contributed by atoms with van der Waals surface area (Å²) in [6, 6.07) is 7.62. The first-order valence-corrected chi connectivity index (χ1v) is 7.73. The zero-order valence-electron chi connectivity index (χ0n) is 13.7. The molecule has 0 atom stereocenters. The molecule has 6 heteroatoms. The van der Waals surface area contributed by atoms with E-state index in [1.807, 2.05) is 55.9 Å². The summed E-state index contributed by atoms with van der Waals surface area (Å²) in [5, 5.41) is 4.46. The molecule has 0 saturated heterocycles. The van der Waals surface area contributed by atoms with Crippen LogP contribution in [-0.4, -0.2) is 32.9 Å². The lowest BCUT2D eigenvalue weighted by Gasteiger charge is -2.30. The largest absolute Gasteiger partial charge is 0.444 e. The normalized spacial score (nSPS) is 14.5. The third kappa shape index (κ3) is 3.31. The topological polar surface area (TPSA) is 73.4 Å². The maximum atomic E-state index is 12.2. The molecule has 1 aromatic heterocycles. The number of benzene rings is 1. The first kappa shape index (κ1) is 15.4. The van der Waals surface area contributed by atoms with Crippen LogP contribution in [0.1, 0.15) is 32.0 Å². The summed E-state index contributed by atoms with van der Waals surface area (Å²) in [4.78, 5) is 13.9. The van der Waals surface area contributed by atoms with Crippen molar-refractivity contribution in [2.75, 3.05) is 12.3 Å². The van der Waals surface area contributed by atoms with Crippen LogP contribution in [0.5, 0.6) is 0 Å². The van der Waals surface area contributed by atoms with Gasteiger partial charge >= 0.3 is 6.09 Å². The lowest BCUT2D eigenvalue weighted by molar-refractivity contribution is 0.0223. The molecule has 0 bridgehead atoms. The third-order valence-corrected chi connectivity index (χ3v) is 3.72. The number of fused-ring (bicyclic) bond motifs is 1. The molecule has 1 amide bonds. The molecule has 0 spiro atoms. The molecule has 2 heterocycles. The van der Waals surface area contributed by atoms with Crippen molar-refractivity contribution in [2.45, 2.75) is 39.3 Å². The van der Waals surface area contributed by atoms with Crippen LogP contribution < -0.4 is 5.73 Å². The Morgan fingerprint density at radius 2 is 1.96 bits per heavy atom. The highest BCUT2D eigenvalue weighted by molar-refractivity contribution is 5.68. The van der Waals surface area contributed by atoms with Crippen molar-refractivity contribution in [3.05, 3.63) is 41.7 Å². The van der Waals surface area contributed by atoms with E-state index >= 15 is 0 Å². The van der Waals surface area contributed by atoms with Crippen LogP contribution >= 0.6 is 0 Å². The number of amides is 1. The first-order valence-electron chi connectivity index (χ1n) is 7.73. The minimum Gasteiger partial charge on any atom is -0.444 e. The van der Waals surface area contributed by atoms with Crippen LogP contribution in [-0.2, 0) is 17.7 Å². The maximum Gasteiger partial charge on any atom is 0.410 e. The Morgan fingerprint density at radius 1 is 1.26 bits per heavy atom. The van der Waals surface area contributed by atoms with Gasteiger partial charge in [-0.1, -0.05) is 0 Å². The SMILES string of the molecule is CC(C)(C)OC(=O)N1CCc2c(cnn2-c2ccc(N)cc2)C1. The van der Waals surface area contributed by atoms with Crippen LogP contribution in [0, 0.1) is 0 Å². The number of hydrogen-bond donors (Lipinski definition) is 1. The zero-order valence-corrected chi connectivity index (χ0v) is 13.7. The molecule has 0 unspecified atom stereocenters. The highest BCUT2D eigenvalue weighted by atomic mass is 16.6. The minimum absolute atomic E-state index is 0.275. The number of anilines is 1. The highest BCUT2D eigenvalue weighted by Crippen LogP contribution is 2.23. The number of nitrogen functional groups attached to an aromatic ring is 1. The van der Waals surface area contributed by atoms with Gasteiger partial charge < -0.3 is 15.4 Å². The highest BCUT2D eigenvalue weighted by Gasteiger charge is 2.27. The maximum absolute atomic E-state index is 12.2. The fourth-order valence-electron chi connectivity index (χ4n) is 2.65. The third-order valence-electron chi connectivity index (χ3n) is 3.72. The van der Waals surface area contributed by atoms with Crippen molar-refractivity contribution in [2.24, 2.45) is 0 Å². The summed E-state index contributed by atoms with van der Waals surface area (Å²) >= 11 is 0. The van der Waals surface area contributed by atoms with E-state index in [1.165, 1.54) is 0 Å². The van der Waals surface area contributed by atoms with Crippen molar-refractivity contribution in [1.82, 2.24) is 14.7 Å². The van der Waals surface area contributed by atoms with E-state index < -0.39 is 5.60 Å². The molecule has 1 aromatic carbocycles. The summed E-state index contributed by atoms with van der Waals surface area (Å²) in [5.41, 5.74) is 9.15. The standard InChI is InChI=1S/C17H22N4O2/c1-17(2,3)23-16(22)20-9-8-15-12(11-20)10-19-21(15)14-6-4-13(18)5-7-14/h4-7,10H,8-9,11,18H2,1-3H3. The fraction of sp³-hybridized carbons (Fsp3) is 0.412. The number of aromatic nitrogens is 2. The van der Waals surface area contributed by atoms with E-state index in [-0.39, 0.29) is 6.09 Å². The van der Waals surface area contributed by atoms with Gasteiger partial charge in [-0.15, -0.1) is 0 Å². The number of ether oxygens (including phenoxy) is 1. The predicted molar refractivity (Wildman–Crippen MR) is 88.3 cm³/mol. The Hall–Kier alpha value is -2.50. The second-order valence-corrected chi connectivity index (χ2v) is 6.77. The van der Waals surface area contributed by atoms with Crippen molar-refractivity contribution in [3.8, 4) is 5.69 Å². The summed E-state index contributed by atoms with van der Waals surface area (Å²) in [7, 11) is 0. The lowest BCUT2D eigenvalue weighted by Crippen LogP contribution is -2.40. The van der Waals surface area contributed by atoms with Gasteiger partial charge in [0.1, 0.15) is 5.60 Å². The van der Waals surface area contributed by atoms with E-state index in [0.29, 0.717) is 13.1 Å². The van der Waals surface area contributed by atoms with Gasteiger partial charge in [0.05, 0.1) is 24.1 Å². The number of carbonyl (C=O) groups is 1. The van der Waals surface area contributed by atoms with E-state index in [0.717, 1.165) is 29.1 Å². The molecule has 23 heavy (non-hydrogen) atoms. The molecule has 1 aliphatic heterocycles. The van der Waals surface area contributed by atoms with Crippen molar-refractivity contribution >= 4 is 11.8 Å². The van der Waals surface area contributed by atoms with E-state index in [2.05, 4.69) is 5.10 Å². The second kappa shape index (κ2) is 5.61. The second-order valence-electron chi connectivity index (χ2n) is 6.77. The molecule has 0 radical (unpaired) electrons. The zero-order chi connectivity index (χ0) is 16.6. The number of nitrogens with zero attached hydrogens (tertiary/aromatic N) is 3. The van der Waals surface area contributed by atoms with E-state index in [1.54, 1.807) is 4.90 Å². The number of rotatable bonds is 1. The Labute approximate surface area is 135 Å². The molecular formula is C17H22N4O2. The number of hydrogen-bond acceptors (Lipinski definition) is 4. The lowest BCUT2D eigenvalue weighted by atomic mass is 10.1. The molecule has 0 aliphatic carbocycles. The van der Waals surface area contributed by atoms with Crippen LogP contribution in [0.3, 0.4) is 0 Å². The van der Waals surface area contributed by atoms with Crippen molar-refractivity contribution in [3.63, 3.8) is 0 Å². The fourth-order valence-corrected chi connectivity index (χ4v) is 2.65. The average Bonchev–Trinajstić information content (AvgIpc) is 2.89. The molecule has 1 aliphatic rings. The van der Waals surface area contributed by atoms with Gasteiger partial charge in [-0.2, -0.15) is 5.10 Å². The molecule has 6 nitrogen and oxygen atoms in total. The van der Waals surface area contributed by atoms with Gasteiger partial charge in [0.15, 0.2) is 0 Å². The predicted octanol–water partition coefficient (Wildman–Crippen LogP) is 2.75. The van der Waals surface area contributed by atoms with Crippen molar-refractivity contribution in [1.29, 1.82) is 0 Å². The van der Waals surface area contributed by atoms with Gasteiger partial charge in [-0.05, 0) is 45.0 Å². The minimum atomic E-state index is -0.481. The van der Waals surface area contributed by atoms with Crippen molar-refractivity contribution < 1.29 is 9.53 Å². The molecule has 122 valence electrons. The monoisotopic (exact) mass is 314 g/mol. The summed E-state index contributed by atoms with van der Waals surface area (Å²) < 4.78 is 7.36. The molecule has 2 aromatic rings. The Kier molecular flexibility index (Phi) is 3.75.